The van der Waals surface area contributed by atoms with Gasteiger partial charge in [0.25, 0.3) is 5.89 Å². The summed E-state index contributed by atoms with van der Waals surface area (Å²) in [6.07, 6.45) is 0. The van der Waals surface area contributed by atoms with Gasteiger partial charge in [-0.15, -0.1) is 0 Å². The van der Waals surface area contributed by atoms with Crippen LogP contribution in [-0.2, 0) is 0 Å². The van der Waals surface area contributed by atoms with Gasteiger partial charge in [-0.2, -0.15) is 10.1 Å². The third-order valence-corrected chi connectivity index (χ3v) is 2.29. The highest BCUT2D eigenvalue weighted by molar-refractivity contribution is 5.58. The van der Waals surface area contributed by atoms with Crippen LogP contribution in [0.3, 0.4) is 0 Å². The van der Waals surface area contributed by atoms with Gasteiger partial charge in [0.2, 0.25) is 5.82 Å². The van der Waals surface area contributed by atoms with E-state index in [1.54, 1.807) is 6.07 Å². The molecule has 2 aromatic heterocycles. The smallest absolute Gasteiger partial charge is 0.276 e. The van der Waals surface area contributed by atoms with Gasteiger partial charge in [-0.3, -0.25) is 5.10 Å². The second-order valence-electron chi connectivity index (χ2n) is 3.50. The molecule has 1 aromatic carbocycles. The molecule has 3 rings (SSSR count). The van der Waals surface area contributed by atoms with Gasteiger partial charge in [0.05, 0.1) is 0 Å². The maximum atomic E-state index is 5.50. The molecule has 0 saturated heterocycles. The number of nitrogens with two attached hydrogens (primary N) is 1. The van der Waals surface area contributed by atoms with Crippen LogP contribution in [0.5, 0.6) is 0 Å². The maximum absolute atomic E-state index is 5.50. The molecule has 2 heterocycles. The lowest BCUT2D eigenvalue weighted by Crippen LogP contribution is -1.81. The molecule has 0 aliphatic carbocycles. The summed E-state index contributed by atoms with van der Waals surface area (Å²) in [4.78, 5) is 4.26. The van der Waals surface area contributed by atoms with E-state index >= 15 is 0 Å². The average molecular weight is 227 g/mol. The first kappa shape index (κ1) is 9.59. The molecule has 0 spiro atoms. The number of nitrogens with one attached hydrogen (secondary N) is 1. The fourth-order valence-corrected chi connectivity index (χ4v) is 1.48. The van der Waals surface area contributed by atoms with E-state index in [0.29, 0.717) is 23.2 Å². The molecular formula is C11H9N5O. The molecular weight excluding hydrogens is 218 g/mol. The summed E-state index contributed by atoms with van der Waals surface area (Å²) in [5.41, 5.74) is 7.01. The number of aromatic amines is 1. The van der Waals surface area contributed by atoms with Crippen molar-refractivity contribution in [1.29, 1.82) is 0 Å². The summed E-state index contributed by atoms with van der Waals surface area (Å²) in [6.45, 7) is 0. The third kappa shape index (κ3) is 1.76. The highest BCUT2D eigenvalue weighted by Gasteiger charge is 2.11. The highest BCUT2D eigenvalue weighted by Crippen LogP contribution is 2.21. The van der Waals surface area contributed by atoms with Crippen LogP contribution in [0.15, 0.2) is 40.9 Å². The molecule has 0 saturated carbocycles. The number of anilines is 1. The minimum atomic E-state index is 0.369. The minimum absolute atomic E-state index is 0.369. The number of nitrogen functional groups attached to an aromatic ring is 1. The van der Waals surface area contributed by atoms with Crippen molar-refractivity contribution < 1.29 is 4.52 Å². The maximum Gasteiger partial charge on any atom is 0.276 e. The first-order valence-corrected chi connectivity index (χ1v) is 5.03. The van der Waals surface area contributed by atoms with E-state index in [1.807, 2.05) is 30.3 Å². The first-order valence-electron chi connectivity index (χ1n) is 5.03. The summed E-state index contributed by atoms with van der Waals surface area (Å²) in [7, 11) is 0. The summed E-state index contributed by atoms with van der Waals surface area (Å²) in [5.74, 6) is 1.29. The Bertz CT molecular complexity index is 628. The topological polar surface area (TPSA) is 93.6 Å². The molecule has 3 N–H and O–H groups in total. The quantitative estimate of drug-likeness (QED) is 0.695. The molecule has 0 unspecified atom stereocenters. The molecule has 17 heavy (non-hydrogen) atoms. The zero-order valence-corrected chi connectivity index (χ0v) is 8.79. The lowest BCUT2D eigenvalue weighted by molar-refractivity contribution is 0.431. The molecule has 0 aliphatic heterocycles. The van der Waals surface area contributed by atoms with Gasteiger partial charge in [0, 0.05) is 11.6 Å². The van der Waals surface area contributed by atoms with Crippen molar-refractivity contribution in [2.75, 3.05) is 5.73 Å². The van der Waals surface area contributed by atoms with Crippen molar-refractivity contribution in [2.24, 2.45) is 0 Å². The number of benzene rings is 1. The van der Waals surface area contributed by atoms with Gasteiger partial charge in [-0.25, -0.2) is 0 Å². The Morgan fingerprint density at radius 2 is 2.00 bits per heavy atom. The highest BCUT2D eigenvalue weighted by atomic mass is 16.5. The number of hydrogen-bond acceptors (Lipinski definition) is 5. The van der Waals surface area contributed by atoms with Crippen LogP contribution in [0.4, 0.5) is 5.82 Å². The van der Waals surface area contributed by atoms with Crippen molar-refractivity contribution in [2.45, 2.75) is 0 Å². The van der Waals surface area contributed by atoms with Crippen LogP contribution in [-0.4, -0.2) is 20.3 Å². The van der Waals surface area contributed by atoms with Gasteiger partial charge < -0.3 is 10.3 Å². The van der Waals surface area contributed by atoms with Gasteiger partial charge in [-0.05, 0) is 0 Å². The van der Waals surface area contributed by atoms with Crippen LogP contribution in [0, 0.1) is 0 Å². The standard InChI is InChI=1S/C11H9N5O/c12-9-6-8(14-15-9)11-13-10(16-17-11)7-4-2-1-3-5-7/h1-6H,(H3,12,14,15). The van der Waals surface area contributed by atoms with E-state index in [1.165, 1.54) is 0 Å². The lowest BCUT2D eigenvalue weighted by atomic mass is 10.2. The molecule has 6 heteroatoms. The van der Waals surface area contributed by atoms with E-state index in [-0.39, 0.29) is 0 Å². The summed E-state index contributed by atoms with van der Waals surface area (Å²) >= 11 is 0. The molecule has 0 radical (unpaired) electrons. The molecule has 0 atom stereocenters. The fraction of sp³-hybridized carbons (Fsp3) is 0. The Morgan fingerprint density at radius 3 is 2.71 bits per heavy atom. The van der Waals surface area contributed by atoms with Crippen molar-refractivity contribution in [3.63, 3.8) is 0 Å². The number of hydrogen-bond donors (Lipinski definition) is 2. The van der Waals surface area contributed by atoms with Crippen LogP contribution in [0.25, 0.3) is 23.0 Å². The van der Waals surface area contributed by atoms with E-state index in [9.17, 15) is 0 Å². The van der Waals surface area contributed by atoms with Gasteiger partial charge in [-0.1, -0.05) is 35.5 Å². The Morgan fingerprint density at radius 1 is 1.18 bits per heavy atom. The SMILES string of the molecule is Nc1cc(-c2nc(-c3ccccc3)no2)[nH]n1. The molecule has 0 bridgehead atoms. The lowest BCUT2D eigenvalue weighted by Gasteiger charge is -1.90. The summed E-state index contributed by atoms with van der Waals surface area (Å²) < 4.78 is 5.13. The van der Waals surface area contributed by atoms with Gasteiger partial charge in [0.15, 0.2) is 0 Å². The van der Waals surface area contributed by atoms with Crippen LogP contribution in [0.2, 0.25) is 0 Å². The number of nitrogens with zero attached hydrogens (tertiary/aromatic N) is 3. The van der Waals surface area contributed by atoms with E-state index < -0.39 is 0 Å². The van der Waals surface area contributed by atoms with Gasteiger partial charge in [0.1, 0.15) is 11.5 Å². The Labute approximate surface area is 96.5 Å². The normalized spacial score (nSPS) is 10.6. The largest absolute Gasteiger partial charge is 0.382 e. The fourth-order valence-electron chi connectivity index (χ4n) is 1.48. The van der Waals surface area contributed by atoms with E-state index in [0.717, 1.165) is 5.56 Å². The summed E-state index contributed by atoms with van der Waals surface area (Å²) in [6, 6.07) is 11.2. The molecule has 6 nitrogen and oxygen atoms in total. The molecule has 84 valence electrons. The molecule has 0 aliphatic rings. The number of H-pyrrole nitrogens is 1. The zero-order chi connectivity index (χ0) is 11.7. The minimum Gasteiger partial charge on any atom is -0.382 e. The summed E-state index contributed by atoms with van der Waals surface area (Å²) in [5, 5.41) is 10.4. The Hall–Kier alpha value is -2.63. The van der Waals surface area contributed by atoms with Crippen LogP contribution >= 0.6 is 0 Å². The average Bonchev–Trinajstić information content (AvgIpc) is 2.98. The van der Waals surface area contributed by atoms with E-state index in [4.69, 9.17) is 10.3 Å². The molecule has 0 fully saturated rings. The first-order chi connectivity index (χ1) is 8.33. The Balaban J connectivity index is 1.99. The van der Waals surface area contributed by atoms with Crippen molar-refractivity contribution in [3.8, 4) is 23.0 Å². The number of rotatable bonds is 2. The molecule has 0 amide bonds. The van der Waals surface area contributed by atoms with Crippen LogP contribution in [0.1, 0.15) is 0 Å². The van der Waals surface area contributed by atoms with Crippen molar-refractivity contribution in [3.05, 3.63) is 36.4 Å². The monoisotopic (exact) mass is 227 g/mol. The van der Waals surface area contributed by atoms with Gasteiger partial charge >= 0.3 is 0 Å². The number of aromatic nitrogens is 4. The third-order valence-electron chi connectivity index (χ3n) is 2.29. The van der Waals surface area contributed by atoms with E-state index in [2.05, 4.69) is 20.3 Å². The van der Waals surface area contributed by atoms with Crippen molar-refractivity contribution >= 4 is 5.82 Å². The zero-order valence-electron chi connectivity index (χ0n) is 8.79. The predicted molar refractivity (Wildman–Crippen MR) is 61.7 cm³/mol. The predicted octanol–water partition coefficient (Wildman–Crippen LogP) is 1.71. The second kappa shape index (κ2) is 3.75. The van der Waals surface area contributed by atoms with Crippen molar-refractivity contribution in [1.82, 2.24) is 20.3 Å². The second-order valence-corrected chi connectivity index (χ2v) is 3.50. The van der Waals surface area contributed by atoms with Crippen LogP contribution < -0.4 is 5.73 Å². The molecule has 3 aromatic rings. The Kier molecular flexibility index (Phi) is 2.11.